The summed E-state index contributed by atoms with van der Waals surface area (Å²) in [5, 5.41) is 13.6. The van der Waals surface area contributed by atoms with Crippen molar-refractivity contribution in [1.82, 2.24) is 9.97 Å². The number of nitriles is 1. The number of nitrogens with zero attached hydrogens (tertiary/aromatic N) is 3. The summed E-state index contributed by atoms with van der Waals surface area (Å²) in [6.07, 6.45) is 1.52. The first-order chi connectivity index (χ1) is 11.2. The minimum absolute atomic E-state index is 0.170. The molecule has 1 amide bonds. The van der Waals surface area contributed by atoms with Gasteiger partial charge in [0.1, 0.15) is 22.3 Å². The molecule has 114 valence electrons. The van der Waals surface area contributed by atoms with Gasteiger partial charge in [0, 0.05) is 10.3 Å². The highest BCUT2D eigenvalue weighted by Crippen LogP contribution is 2.30. The maximum Gasteiger partial charge on any atom is 0.234 e. The lowest BCUT2D eigenvalue weighted by molar-refractivity contribution is -0.113. The fraction of sp³-hybridized carbons (Fsp3) is 0.125. The predicted molar refractivity (Wildman–Crippen MR) is 92.7 cm³/mol. The first-order valence-corrected chi connectivity index (χ1v) is 8.60. The van der Waals surface area contributed by atoms with E-state index in [1.54, 1.807) is 35.6 Å². The molecule has 3 aromatic rings. The van der Waals surface area contributed by atoms with Crippen LogP contribution in [0.25, 0.3) is 10.2 Å². The van der Waals surface area contributed by atoms with Crippen molar-refractivity contribution in [3.8, 4) is 6.07 Å². The average Bonchev–Trinajstić information content (AvgIpc) is 2.94. The summed E-state index contributed by atoms with van der Waals surface area (Å²) in [6.45, 7) is 2.02. The molecule has 3 rings (SSSR count). The van der Waals surface area contributed by atoms with Crippen molar-refractivity contribution in [3.05, 3.63) is 47.1 Å². The molecule has 7 heteroatoms. The summed E-state index contributed by atoms with van der Waals surface area (Å²) in [4.78, 5) is 22.7. The lowest BCUT2D eigenvalue weighted by Crippen LogP contribution is -2.15. The second-order valence-electron chi connectivity index (χ2n) is 4.75. The zero-order valence-corrected chi connectivity index (χ0v) is 13.9. The predicted octanol–water partition coefficient (Wildman–Crippen LogP) is 3.60. The highest BCUT2D eigenvalue weighted by Gasteiger charge is 2.11. The molecule has 0 fully saturated rings. The third kappa shape index (κ3) is 3.50. The average molecular weight is 340 g/mol. The van der Waals surface area contributed by atoms with Gasteiger partial charge in [0.05, 0.1) is 17.0 Å². The maximum atomic E-state index is 12.1. The Kier molecular flexibility index (Phi) is 4.55. The molecule has 0 aliphatic heterocycles. The van der Waals surface area contributed by atoms with Gasteiger partial charge in [-0.1, -0.05) is 23.9 Å². The molecule has 1 aromatic carbocycles. The summed E-state index contributed by atoms with van der Waals surface area (Å²) >= 11 is 2.97. The standard InChI is InChI=1S/C16H12N4OS2/c1-10-6-12-15(18-9-19-16(12)23-10)22-8-14(21)20-13-5-3-2-4-11(13)7-17/h2-6,9H,8H2,1H3,(H,20,21). The van der Waals surface area contributed by atoms with Crippen LogP contribution in [0.3, 0.4) is 0 Å². The van der Waals surface area contributed by atoms with E-state index in [2.05, 4.69) is 21.4 Å². The van der Waals surface area contributed by atoms with Crippen molar-refractivity contribution in [3.63, 3.8) is 0 Å². The van der Waals surface area contributed by atoms with E-state index in [0.717, 1.165) is 20.1 Å². The van der Waals surface area contributed by atoms with Crippen LogP contribution in [0.4, 0.5) is 5.69 Å². The molecule has 0 saturated heterocycles. The van der Waals surface area contributed by atoms with Gasteiger partial charge in [-0.3, -0.25) is 4.79 Å². The Morgan fingerprint density at radius 2 is 2.22 bits per heavy atom. The molecule has 0 aliphatic carbocycles. The maximum absolute atomic E-state index is 12.1. The third-order valence-corrected chi connectivity index (χ3v) is 5.04. The Balaban J connectivity index is 1.70. The molecule has 0 atom stereocenters. The Labute approximate surface area is 141 Å². The second kappa shape index (κ2) is 6.77. The van der Waals surface area contributed by atoms with Crippen LogP contribution in [0.1, 0.15) is 10.4 Å². The number of hydrogen-bond donors (Lipinski definition) is 1. The van der Waals surface area contributed by atoms with E-state index in [-0.39, 0.29) is 11.7 Å². The van der Waals surface area contributed by atoms with Crippen molar-refractivity contribution in [2.24, 2.45) is 0 Å². The first-order valence-electron chi connectivity index (χ1n) is 6.80. The smallest absolute Gasteiger partial charge is 0.234 e. The monoisotopic (exact) mass is 340 g/mol. The van der Waals surface area contributed by atoms with Gasteiger partial charge in [-0.25, -0.2) is 9.97 Å². The summed E-state index contributed by atoms with van der Waals surface area (Å²) in [5.41, 5.74) is 0.976. The quantitative estimate of drug-likeness (QED) is 0.580. The van der Waals surface area contributed by atoms with Crippen LogP contribution in [0, 0.1) is 18.3 Å². The number of benzene rings is 1. The van der Waals surface area contributed by atoms with Crippen molar-refractivity contribution in [2.45, 2.75) is 11.9 Å². The van der Waals surface area contributed by atoms with E-state index >= 15 is 0 Å². The van der Waals surface area contributed by atoms with Crippen molar-refractivity contribution < 1.29 is 4.79 Å². The largest absolute Gasteiger partial charge is 0.324 e. The van der Waals surface area contributed by atoms with Gasteiger partial charge in [0.2, 0.25) is 5.91 Å². The Morgan fingerprint density at radius 3 is 3.04 bits per heavy atom. The number of carbonyl (C=O) groups excluding carboxylic acids is 1. The summed E-state index contributed by atoms with van der Waals surface area (Å²) in [7, 11) is 0. The molecule has 23 heavy (non-hydrogen) atoms. The first kappa shape index (κ1) is 15.5. The zero-order chi connectivity index (χ0) is 16.2. The van der Waals surface area contributed by atoms with Gasteiger partial charge in [-0.05, 0) is 25.1 Å². The highest BCUT2D eigenvalue weighted by atomic mass is 32.2. The van der Waals surface area contributed by atoms with E-state index < -0.39 is 0 Å². The number of hydrogen-bond acceptors (Lipinski definition) is 6. The third-order valence-electron chi connectivity index (χ3n) is 3.08. The van der Waals surface area contributed by atoms with E-state index in [4.69, 9.17) is 5.26 Å². The van der Waals surface area contributed by atoms with Gasteiger partial charge < -0.3 is 5.32 Å². The van der Waals surface area contributed by atoms with Crippen LogP contribution in [-0.4, -0.2) is 21.6 Å². The number of thioether (sulfide) groups is 1. The van der Waals surface area contributed by atoms with E-state index in [1.165, 1.54) is 18.1 Å². The molecule has 2 aromatic heterocycles. The summed E-state index contributed by atoms with van der Waals surface area (Å²) < 4.78 is 0. The topological polar surface area (TPSA) is 78.7 Å². The number of fused-ring (bicyclic) bond motifs is 1. The molecule has 0 aliphatic rings. The van der Waals surface area contributed by atoms with Gasteiger partial charge in [-0.2, -0.15) is 5.26 Å². The Morgan fingerprint density at radius 1 is 1.39 bits per heavy atom. The fourth-order valence-corrected chi connectivity index (χ4v) is 3.76. The van der Waals surface area contributed by atoms with Crippen LogP contribution < -0.4 is 5.32 Å². The summed E-state index contributed by atoms with van der Waals surface area (Å²) in [6, 6.07) is 11.0. The van der Waals surface area contributed by atoms with Crippen molar-refractivity contribution in [2.75, 3.05) is 11.1 Å². The van der Waals surface area contributed by atoms with E-state index in [9.17, 15) is 4.79 Å². The highest BCUT2D eigenvalue weighted by molar-refractivity contribution is 8.00. The number of rotatable bonds is 4. The van der Waals surface area contributed by atoms with Gasteiger partial charge >= 0.3 is 0 Å². The zero-order valence-electron chi connectivity index (χ0n) is 12.2. The minimum atomic E-state index is -0.170. The van der Waals surface area contributed by atoms with Crippen molar-refractivity contribution >= 4 is 44.9 Å². The van der Waals surface area contributed by atoms with Crippen LogP contribution >= 0.6 is 23.1 Å². The number of aromatic nitrogens is 2. The minimum Gasteiger partial charge on any atom is -0.324 e. The molecule has 0 bridgehead atoms. The fourth-order valence-electron chi connectivity index (χ4n) is 2.08. The van der Waals surface area contributed by atoms with Gasteiger partial charge in [-0.15, -0.1) is 11.3 Å². The number of para-hydroxylation sites is 1. The molecule has 0 radical (unpaired) electrons. The number of amides is 1. The Hall–Kier alpha value is -2.43. The molecular formula is C16H12N4OS2. The van der Waals surface area contributed by atoms with E-state index in [1.807, 2.05) is 13.0 Å². The molecule has 0 unspecified atom stereocenters. The van der Waals surface area contributed by atoms with Crippen LogP contribution in [0.15, 0.2) is 41.7 Å². The lowest BCUT2D eigenvalue weighted by atomic mass is 10.2. The number of carbonyl (C=O) groups is 1. The van der Waals surface area contributed by atoms with Gasteiger partial charge in [0.25, 0.3) is 0 Å². The van der Waals surface area contributed by atoms with Crippen LogP contribution in [-0.2, 0) is 4.79 Å². The Bertz CT molecular complexity index is 914. The van der Waals surface area contributed by atoms with Crippen LogP contribution in [0.5, 0.6) is 0 Å². The summed E-state index contributed by atoms with van der Waals surface area (Å²) in [5.74, 6) is 0.0530. The van der Waals surface area contributed by atoms with E-state index in [0.29, 0.717) is 11.3 Å². The van der Waals surface area contributed by atoms with Crippen LogP contribution in [0.2, 0.25) is 0 Å². The number of aryl methyl sites for hydroxylation is 1. The molecule has 1 N–H and O–H groups in total. The van der Waals surface area contributed by atoms with Gasteiger partial charge in [0.15, 0.2) is 0 Å². The molecule has 0 saturated carbocycles. The SMILES string of the molecule is Cc1cc2c(SCC(=O)Nc3ccccc3C#N)ncnc2s1. The molecule has 5 nitrogen and oxygen atoms in total. The number of nitrogens with one attached hydrogen (secondary N) is 1. The molecule has 2 heterocycles. The molecular weight excluding hydrogens is 328 g/mol. The lowest BCUT2D eigenvalue weighted by Gasteiger charge is -2.06. The molecule has 0 spiro atoms. The second-order valence-corrected chi connectivity index (χ2v) is 6.95. The van der Waals surface area contributed by atoms with Crippen molar-refractivity contribution in [1.29, 1.82) is 5.26 Å². The number of anilines is 1. The number of thiophene rings is 1. The normalized spacial score (nSPS) is 10.4.